The lowest BCUT2D eigenvalue weighted by molar-refractivity contribution is -0.141. The summed E-state index contributed by atoms with van der Waals surface area (Å²) in [6.45, 7) is 1.78. The van der Waals surface area contributed by atoms with Gasteiger partial charge in [-0.3, -0.25) is 0 Å². The minimum Gasteiger partial charge on any atom is -0.480 e. The van der Waals surface area contributed by atoms with Crippen molar-refractivity contribution in [3.05, 3.63) is 34.4 Å². The highest BCUT2D eigenvalue weighted by Crippen LogP contribution is 2.29. The molecule has 1 aromatic carbocycles. The van der Waals surface area contributed by atoms with Gasteiger partial charge in [0.25, 0.3) is 0 Å². The number of rotatable bonds is 4. The van der Waals surface area contributed by atoms with Crippen molar-refractivity contribution >= 4 is 29.2 Å². The SMILES string of the molecule is CCC(C(=O)O)n1nncc1-c1ccc(Cl)c(Cl)c1. The number of nitrogens with zero attached hydrogens (tertiary/aromatic N) is 3. The Morgan fingerprint density at radius 1 is 1.42 bits per heavy atom. The number of aromatic nitrogens is 3. The average molecular weight is 300 g/mol. The van der Waals surface area contributed by atoms with Crippen molar-refractivity contribution in [3.8, 4) is 11.3 Å². The van der Waals surface area contributed by atoms with Crippen molar-refractivity contribution < 1.29 is 9.90 Å². The van der Waals surface area contributed by atoms with Crippen LogP contribution in [0.1, 0.15) is 19.4 Å². The molecule has 0 saturated carbocycles. The molecule has 5 nitrogen and oxygen atoms in total. The van der Waals surface area contributed by atoms with Crippen molar-refractivity contribution in [2.45, 2.75) is 19.4 Å². The van der Waals surface area contributed by atoms with E-state index in [1.54, 1.807) is 25.1 Å². The van der Waals surface area contributed by atoms with Crippen LogP contribution in [0.5, 0.6) is 0 Å². The zero-order chi connectivity index (χ0) is 14.0. The Morgan fingerprint density at radius 3 is 2.74 bits per heavy atom. The molecule has 1 N–H and O–H groups in total. The van der Waals surface area contributed by atoms with Crippen LogP contribution in [-0.4, -0.2) is 26.1 Å². The third-order valence-electron chi connectivity index (χ3n) is 2.76. The molecule has 0 amide bonds. The van der Waals surface area contributed by atoms with Gasteiger partial charge in [-0.05, 0) is 18.6 Å². The van der Waals surface area contributed by atoms with Gasteiger partial charge in [0.2, 0.25) is 0 Å². The predicted molar refractivity (Wildman–Crippen MR) is 72.4 cm³/mol. The molecule has 7 heteroatoms. The van der Waals surface area contributed by atoms with Crippen LogP contribution in [-0.2, 0) is 4.79 Å². The maximum Gasteiger partial charge on any atom is 0.328 e. The highest BCUT2D eigenvalue weighted by molar-refractivity contribution is 6.42. The van der Waals surface area contributed by atoms with Gasteiger partial charge in [0.15, 0.2) is 6.04 Å². The molecule has 1 aromatic heterocycles. The molecule has 2 aromatic rings. The Kier molecular flexibility index (Phi) is 4.07. The summed E-state index contributed by atoms with van der Waals surface area (Å²) in [5.41, 5.74) is 1.31. The summed E-state index contributed by atoms with van der Waals surface area (Å²) in [5.74, 6) is -0.950. The van der Waals surface area contributed by atoms with E-state index in [9.17, 15) is 9.90 Å². The first-order valence-corrected chi connectivity index (χ1v) is 6.38. The number of carbonyl (C=O) groups is 1. The number of halogens is 2. The lowest BCUT2D eigenvalue weighted by atomic mass is 10.1. The van der Waals surface area contributed by atoms with Crippen LogP contribution in [0.3, 0.4) is 0 Å². The van der Waals surface area contributed by atoms with Gasteiger partial charge in [-0.1, -0.05) is 41.4 Å². The predicted octanol–water partition coefficient (Wildman–Crippen LogP) is 3.29. The fourth-order valence-corrected chi connectivity index (χ4v) is 2.09. The van der Waals surface area contributed by atoms with Crippen molar-refractivity contribution in [2.24, 2.45) is 0 Å². The van der Waals surface area contributed by atoms with Crippen LogP contribution in [0.2, 0.25) is 10.0 Å². The highest BCUT2D eigenvalue weighted by atomic mass is 35.5. The highest BCUT2D eigenvalue weighted by Gasteiger charge is 2.22. The first kappa shape index (κ1) is 13.8. The molecular weight excluding hydrogens is 289 g/mol. The largest absolute Gasteiger partial charge is 0.480 e. The summed E-state index contributed by atoms with van der Waals surface area (Å²) >= 11 is 11.8. The lowest BCUT2D eigenvalue weighted by Gasteiger charge is -2.13. The van der Waals surface area contributed by atoms with E-state index < -0.39 is 12.0 Å². The van der Waals surface area contributed by atoms with Crippen LogP contribution in [0.4, 0.5) is 0 Å². The molecule has 0 aliphatic carbocycles. The van der Waals surface area contributed by atoms with Gasteiger partial charge in [-0.25, -0.2) is 9.48 Å². The van der Waals surface area contributed by atoms with Crippen molar-refractivity contribution in [2.75, 3.05) is 0 Å². The van der Waals surface area contributed by atoms with E-state index in [1.807, 2.05) is 0 Å². The van der Waals surface area contributed by atoms with Crippen molar-refractivity contribution in [1.82, 2.24) is 15.0 Å². The summed E-state index contributed by atoms with van der Waals surface area (Å²) in [4.78, 5) is 11.2. The topological polar surface area (TPSA) is 68.0 Å². The summed E-state index contributed by atoms with van der Waals surface area (Å²) < 4.78 is 1.38. The molecule has 0 fully saturated rings. The van der Waals surface area contributed by atoms with E-state index in [0.717, 1.165) is 5.56 Å². The zero-order valence-electron chi connectivity index (χ0n) is 10.0. The van der Waals surface area contributed by atoms with Gasteiger partial charge in [0.05, 0.1) is 21.9 Å². The summed E-state index contributed by atoms with van der Waals surface area (Å²) in [5, 5.41) is 17.6. The number of carboxylic acid groups (broad SMARTS) is 1. The maximum atomic E-state index is 11.2. The fourth-order valence-electron chi connectivity index (χ4n) is 1.79. The second-order valence-electron chi connectivity index (χ2n) is 3.95. The monoisotopic (exact) mass is 299 g/mol. The molecule has 0 bridgehead atoms. The van der Waals surface area contributed by atoms with Crippen LogP contribution >= 0.6 is 23.2 Å². The van der Waals surface area contributed by atoms with E-state index >= 15 is 0 Å². The van der Waals surface area contributed by atoms with Gasteiger partial charge in [-0.2, -0.15) is 0 Å². The Morgan fingerprint density at radius 2 is 2.16 bits per heavy atom. The molecule has 2 rings (SSSR count). The quantitative estimate of drug-likeness (QED) is 0.940. The minimum atomic E-state index is -0.950. The summed E-state index contributed by atoms with van der Waals surface area (Å²) in [6.07, 6.45) is 1.91. The summed E-state index contributed by atoms with van der Waals surface area (Å²) in [7, 11) is 0. The van der Waals surface area contributed by atoms with Gasteiger partial charge >= 0.3 is 5.97 Å². The fraction of sp³-hybridized carbons (Fsp3) is 0.250. The van der Waals surface area contributed by atoms with Gasteiger partial charge in [0, 0.05) is 5.56 Å². The Bertz CT molecular complexity index is 613. The van der Waals surface area contributed by atoms with Crippen LogP contribution < -0.4 is 0 Å². The third kappa shape index (κ3) is 2.72. The van der Waals surface area contributed by atoms with E-state index in [2.05, 4.69) is 10.3 Å². The molecule has 0 saturated heterocycles. The number of hydrogen-bond donors (Lipinski definition) is 1. The smallest absolute Gasteiger partial charge is 0.328 e. The molecule has 19 heavy (non-hydrogen) atoms. The second kappa shape index (κ2) is 5.59. The number of benzene rings is 1. The number of hydrogen-bond acceptors (Lipinski definition) is 3. The molecule has 100 valence electrons. The Balaban J connectivity index is 2.49. The van der Waals surface area contributed by atoms with Crippen LogP contribution in [0.15, 0.2) is 24.4 Å². The second-order valence-corrected chi connectivity index (χ2v) is 4.77. The molecule has 1 atom stereocenters. The van der Waals surface area contributed by atoms with Crippen LogP contribution in [0.25, 0.3) is 11.3 Å². The standard InChI is InChI=1S/C12H11Cl2N3O2/c1-2-10(12(18)19)17-11(6-15-16-17)7-3-4-8(13)9(14)5-7/h3-6,10H,2H2,1H3,(H,18,19). The molecule has 0 radical (unpaired) electrons. The van der Waals surface area contributed by atoms with Gasteiger partial charge < -0.3 is 5.11 Å². The lowest BCUT2D eigenvalue weighted by Crippen LogP contribution is -2.20. The molecule has 0 aliphatic rings. The van der Waals surface area contributed by atoms with E-state index in [4.69, 9.17) is 23.2 Å². The summed E-state index contributed by atoms with van der Waals surface area (Å²) in [6, 6.07) is 4.30. The number of carboxylic acids is 1. The molecule has 1 unspecified atom stereocenters. The average Bonchev–Trinajstić information content (AvgIpc) is 2.82. The van der Waals surface area contributed by atoms with Crippen molar-refractivity contribution in [3.63, 3.8) is 0 Å². The number of aliphatic carboxylic acids is 1. The molecule has 0 spiro atoms. The van der Waals surface area contributed by atoms with E-state index in [0.29, 0.717) is 22.2 Å². The Labute approximate surface area is 119 Å². The van der Waals surface area contributed by atoms with Gasteiger partial charge in [0.1, 0.15) is 0 Å². The van der Waals surface area contributed by atoms with Gasteiger partial charge in [-0.15, -0.1) is 5.10 Å². The molecule has 0 aliphatic heterocycles. The minimum absolute atomic E-state index is 0.398. The molecular formula is C12H11Cl2N3O2. The third-order valence-corrected chi connectivity index (χ3v) is 3.50. The first-order valence-electron chi connectivity index (χ1n) is 5.63. The Hall–Kier alpha value is -1.59. The van der Waals surface area contributed by atoms with Crippen LogP contribution in [0, 0.1) is 0 Å². The van der Waals surface area contributed by atoms with Crippen molar-refractivity contribution in [1.29, 1.82) is 0 Å². The van der Waals surface area contributed by atoms with E-state index in [1.165, 1.54) is 10.9 Å². The first-order chi connectivity index (χ1) is 9.04. The molecule has 1 heterocycles. The zero-order valence-corrected chi connectivity index (χ0v) is 11.6. The van der Waals surface area contributed by atoms with E-state index in [-0.39, 0.29) is 0 Å². The maximum absolute atomic E-state index is 11.2. The normalized spacial score (nSPS) is 12.4.